The van der Waals surface area contributed by atoms with Crippen LogP contribution in [0.25, 0.3) is 6.08 Å². The Morgan fingerprint density at radius 2 is 1.73 bits per heavy atom. The Labute approximate surface area is 132 Å². The molecule has 1 heterocycles. The second-order valence-corrected chi connectivity index (χ2v) is 6.08. The smallest absolute Gasteiger partial charge is 0.246 e. The third-order valence-electron chi connectivity index (χ3n) is 4.09. The monoisotopic (exact) mass is 300 g/mol. The molecule has 0 radical (unpaired) electrons. The number of benzene rings is 1. The van der Waals surface area contributed by atoms with Crippen molar-refractivity contribution in [2.45, 2.75) is 19.8 Å². The SMILES string of the molecule is Cc1ccc(/C=C/C(=O)N2CCC(C(=O)N(C)C)CC2)cc1. The van der Waals surface area contributed by atoms with Gasteiger partial charge in [-0.1, -0.05) is 29.8 Å². The fourth-order valence-corrected chi connectivity index (χ4v) is 2.66. The molecule has 0 spiro atoms. The second-order valence-electron chi connectivity index (χ2n) is 6.08. The Bertz CT molecular complexity index is 553. The normalized spacial score (nSPS) is 16.0. The molecule has 0 bridgehead atoms. The van der Waals surface area contributed by atoms with Crippen LogP contribution in [0.2, 0.25) is 0 Å². The van der Waals surface area contributed by atoms with Crippen molar-refractivity contribution < 1.29 is 9.59 Å². The topological polar surface area (TPSA) is 40.6 Å². The molecule has 0 N–H and O–H groups in total. The number of carbonyl (C=O) groups is 2. The highest BCUT2D eigenvalue weighted by Gasteiger charge is 2.27. The summed E-state index contributed by atoms with van der Waals surface area (Å²) < 4.78 is 0. The average molecular weight is 300 g/mol. The fraction of sp³-hybridized carbons (Fsp3) is 0.444. The van der Waals surface area contributed by atoms with Gasteiger partial charge in [0.15, 0.2) is 0 Å². The molecular weight excluding hydrogens is 276 g/mol. The molecule has 1 aliphatic rings. The number of hydrogen-bond donors (Lipinski definition) is 0. The van der Waals surface area contributed by atoms with E-state index in [1.807, 2.05) is 42.2 Å². The van der Waals surface area contributed by atoms with Gasteiger partial charge >= 0.3 is 0 Å². The molecule has 1 aromatic carbocycles. The number of aryl methyl sites for hydroxylation is 1. The highest BCUT2D eigenvalue weighted by atomic mass is 16.2. The maximum atomic E-state index is 12.2. The molecular formula is C18H24N2O2. The summed E-state index contributed by atoms with van der Waals surface area (Å²) in [6, 6.07) is 8.06. The second kappa shape index (κ2) is 7.25. The standard InChI is InChI=1S/C18H24N2O2/c1-14-4-6-15(7-5-14)8-9-17(21)20-12-10-16(11-13-20)18(22)19(2)3/h4-9,16H,10-13H2,1-3H3/b9-8+. The van der Waals surface area contributed by atoms with E-state index >= 15 is 0 Å². The number of rotatable bonds is 3. The first kappa shape index (κ1) is 16.3. The molecule has 0 aliphatic carbocycles. The summed E-state index contributed by atoms with van der Waals surface area (Å²) in [5.41, 5.74) is 2.23. The lowest BCUT2D eigenvalue weighted by Crippen LogP contribution is -2.42. The lowest BCUT2D eigenvalue weighted by atomic mass is 9.95. The summed E-state index contributed by atoms with van der Waals surface area (Å²) in [6.07, 6.45) is 4.97. The summed E-state index contributed by atoms with van der Waals surface area (Å²) in [5, 5.41) is 0. The van der Waals surface area contributed by atoms with Crippen molar-refractivity contribution in [1.29, 1.82) is 0 Å². The van der Waals surface area contributed by atoms with Gasteiger partial charge in [0.25, 0.3) is 0 Å². The zero-order chi connectivity index (χ0) is 16.1. The molecule has 0 atom stereocenters. The molecule has 0 saturated carbocycles. The van der Waals surface area contributed by atoms with Gasteiger partial charge in [-0.15, -0.1) is 0 Å². The summed E-state index contributed by atoms with van der Waals surface area (Å²) in [4.78, 5) is 27.6. The molecule has 0 aromatic heterocycles. The first-order valence-electron chi connectivity index (χ1n) is 7.72. The fourth-order valence-electron chi connectivity index (χ4n) is 2.66. The van der Waals surface area contributed by atoms with Gasteiger partial charge in [-0.3, -0.25) is 9.59 Å². The Morgan fingerprint density at radius 1 is 1.14 bits per heavy atom. The van der Waals surface area contributed by atoms with Gasteiger partial charge in [-0.05, 0) is 31.4 Å². The van der Waals surface area contributed by atoms with E-state index < -0.39 is 0 Å². The third-order valence-corrected chi connectivity index (χ3v) is 4.09. The van der Waals surface area contributed by atoms with E-state index in [4.69, 9.17) is 0 Å². The molecule has 0 unspecified atom stereocenters. The third kappa shape index (κ3) is 4.20. The van der Waals surface area contributed by atoms with Gasteiger partial charge in [0.1, 0.15) is 0 Å². The van der Waals surface area contributed by atoms with E-state index in [0.717, 1.165) is 18.4 Å². The van der Waals surface area contributed by atoms with Crippen LogP contribution in [0.1, 0.15) is 24.0 Å². The molecule has 1 saturated heterocycles. The van der Waals surface area contributed by atoms with E-state index in [9.17, 15) is 9.59 Å². The van der Waals surface area contributed by atoms with Crippen molar-refractivity contribution in [3.63, 3.8) is 0 Å². The molecule has 118 valence electrons. The van der Waals surface area contributed by atoms with Crippen LogP contribution in [-0.2, 0) is 9.59 Å². The maximum absolute atomic E-state index is 12.2. The highest BCUT2D eigenvalue weighted by Crippen LogP contribution is 2.19. The number of amides is 2. The van der Waals surface area contributed by atoms with E-state index in [2.05, 4.69) is 0 Å². The zero-order valence-corrected chi connectivity index (χ0v) is 13.6. The largest absolute Gasteiger partial charge is 0.349 e. The summed E-state index contributed by atoms with van der Waals surface area (Å²) >= 11 is 0. The van der Waals surface area contributed by atoms with Gasteiger partial charge in [0.05, 0.1) is 0 Å². The molecule has 1 fully saturated rings. The lowest BCUT2D eigenvalue weighted by Gasteiger charge is -2.31. The first-order valence-corrected chi connectivity index (χ1v) is 7.72. The average Bonchev–Trinajstić information content (AvgIpc) is 2.53. The number of carbonyl (C=O) groups excluding carboxylic acids is 2. The minimum atomic E-state index is 0.0244. The predicted octanol–water partition coefficient (Wildman–Crippen LogP) is 2.34. The molecule has 1 aromatic rings. The molecule has 22 heavy (non-hydrogen) atoms. The van der Waals surface area contributed by atoms with Crippen molar-refractivity contribution in [2.24, 2.45) is 5.92 Å². The van der Waals surface area contributed by atoms with Crippen molar-refractivity contribution in [1.82, 2.24) is 9.80 Å². The Kier molecular flexibility index (Phi) is 5.36. The predicted molar refractivity (Wildman–Crippen MR) is 88.2 cm³/mol. The van der Waals surface area contributed by atoms with E-state index in [1.54, 1.807) is 25.1 Å². The van der Waals surface area contributed by atoms with Crippen molar-refractivity contribution >= 4 is 17.9 Å². The first-order chi connectivity index (χ1) is 10.5. The van der Waals surface area contributed by atoms with Crippen LogP contribution < -0.4 is 0 Å². The van der Waals surface area contributed by atoms with Gasteiger partial charge in [0, 0.05) is 39.2 Å². The highest BCUT2D eigenvalue weighted by molar-refractivity contribution is 5.92. The summed E-state index contributed by atoms with van der Waals surface area (Å²) in [5.74, 6) is 0.249. The zero-order valence-electron chi connectivity index (χ0n) is 13.6. The van der Waals surface area contributed by atoms with Crippen LogP contribution in [0.4, 0.5) is 0 Å². The number of piperidine rings is 1. The van der Waals surface area contributed by atoms with Crippen molar-refractivity contribution in [3.8, 4) is 0 Å². The molecule has 4 heteroatoms. The quantitative estimate of drug-likeness (QED) is 0.804. The minimum Gasteiger partial charge on any atom is -0.349 e. The molecule has 2 rings (SSSR count). The summed E-state index contributed by atoms with van der Waals surface area (Å²) in [7, 11) is 3.56. The van der Waals surface area contributed by atoms with Gasteiger partial charge in [0.2, 0.25) is 11.8 Å². The Hall–Kier alpha value is -2.10. The van der Waals surface area contributed by atoms with Crippen LogP contribution in [0, 0.1) is 12.8 Å². The molecule has 4 nitrogen and oxygen atoms in total. The van der Waals surface area contributed by atoms with E-state index in [1.165, 1.54) is 5.56 Å². The van der Waals surface area contributed by atoms with Crippen LogP contribution in [-0.4, -0.2) is 48.8 Å². The van der Waals surface area contributed by atoms with Gasteiger partial charge in [-0.2, -0.15) is 0 Å². The summed E-state index contributed by atoms with van der Waals surface area (Å²) in [6.45, 7) is 3.35. The number of nitrogens with zero attached hydrogens (tertiary/aromatic N) is 2. The minimum absolute atomic E-state index is 0.0244. The van der Waals surface area contributed by atoms with Crippen molar-refractivity contribution in [3.05, 3.63) is 41.5 Å². The van der Waals surface area contributed by atoms with Crippen LogP contribution in [0.5, 0.6) is 0 Å². The van der Waals surface area contributed by atoms with Crippen molar-refractivity contribution in [2.75, 3.05) is 27.2 Å². The molecule has 2 amide bonds. The maximum Gasteiger partial charge on any atom is 0.246 e. The van der Waals surface area contributed by atoms with Gasteiger partial charge < -0.3 is 9.80 Å². The number of likely N-dealkylation sites (tertiary alicyclic amines) is 1. The van der Waals surface area contributed by atoms with Crippen LogP contribution in [0.15, 0.2) is 30.3 Å². The van der Waals surface area contributed by atoms with E-state index in [0.29, 0.717) is 13.1 Å². The Morgan fingerprint density at radius 3 is 2.27 bits per heavy atom. The van der Waals surface area contributed by atoms with Gasteiger partial charge in [-0.25, -0.2) is 0 Å². The lowest BCUT2D eigenvalue weighted by molar-refractivity contribution is -0.137. The Balaban J connectivity index is 1.87. The van der Waals surface area contributed by atoms with E-state index in [-0.39, 0.29) is 17.7 Å². The van der Waals surface area contributed by atoms with Crippen LogP contribution >= 0.6 is 0 Å². The number of hydrogen-bond acceptors (Lipinski definition) is 2. The van der Waals surface area contributed by atoms with Crippen LogP contribution in [0.3, 0.4) is 0 Å². The molecule has 1 aliphatic heterocycles.